The Morgan fingerprint density at radius 1 is 1.04 bits per heavy atom. The molecule has 1 fully saturated rings. The third-order valence-electron chi connectivity index (χ3n) is 4.32. The van der Waals surface area contributed by atoms with Crippen LogP contribution in [0.3, 0.4) is 0 Å². The van der Waals surface area contributed by atoms with Crippen molar-refractivity contribution >= 4 is 10.0 Å². The molecule has 6 nitrogen and oxygen atoms in total. The second-order valence-corrected chi connectivity index (χ2v) is 8.00. The van der Waals surface area contributed by atoms with Crippen molar-refractivity contribution in [2.45, 2.75) is 11.4 Å². The fraction of sp³-hybridized carbons (Fsp3) is 0.333. The fourth-order valence-electron chi connectivity index (χ4n) is 2.83. The monoisotopic (exact) mass is 356 g/mol. The SMILES string of the molecule is CN1CCCN(S(=O)(=O)c2cccc(-c3ccc(C#N)cc3)n2)CC1. The van der Waals surface area contributed by atoms with Gasteiger partial charge in [-0.3, -0.25) is 0 Å². The van der Waals surface area contributed by atoms with Gasteiger partial charge >= 0.3 is 0 Å². The van der Waals surface area contributed by atoms with Gasteiger partial charge in [-0.15, -0.1) is 0 Å². The summed E-state index contributed by atoms with van der Waals surface area (Å²) in [6.07, 6.45) is 0.811. The van der Waals surface area contributed by atoms with Crippen LogP contribution in [0.4, 0.5) is 0 Å². The molecule has 0 radical (unpaired) electrons. The predicted octanol–water partition coefficient (Wildman–Crippen LogP) is 1.95. The molecule has 2 aromatic rings. The molecule has 130 valence electrons. The summed E-state index contributed by atoms with van der Waals surface area (Å²) in [6.45, 7) is 2.59. The second-order valence-electron chi connectivity index (χ2n) is 6.11. The zero-order chi connectivity index (χ0) is 17.9. The Bertz CT molecular complexity index is 888. The first kappa shape index (κ1) is 17.5. The van der Waals surface area contributed by atoms with Gasteiger partial charge in [0.05, 0.1) is 17.3 Å². The first-order valence-corrected chi connectivity index (χ1v) is 9.61. The molecule has 0 unspecified atom stereocenters. The van der Waals surface area contributed by atoms with Crippen LogP contribution >= 0.6 is 0 Å². The highest BCUT2D eigenvalue weighted by molar-refractivity contribution is 7.89. The number of rotatable bonds is 3. The first-order chi connectivity index (χ1) is 12.0. The van der Waals surface area contributed by atoms with Crippen LogP contribution in [-0.4, -0.2) is 55.8 Å². The Balaban J connectivity index is 1.90. The topological polar surface area (TPSA) is 77.3 Å². The Labute approximate surface area is 148 Å². The largest absolute Gasteiger partial charge is 0.305 e. The van der Waals surface area contributed by atoms with Crippen molar-refractivity contribution in [1.29, 1.82) is 5.26 Å². The van der Waals surface area contributed by atoms with Crippen LogP contribution in [0.5, 0.6) is 0 Å². The molecule has 25 heavy (non-hydrogen) atoms. The molecule has 0 bridgehead atoms. The molecule has 1 aliphatic heterocycles. The van der Waals surface area contributed by atoms with Gasteiger partial charge in [0, 0.05) is 25.2 Å². The molecule has 0 saturated carbocycles. The summed E-state index contributed by atoms with van der Waals surface area (Å²) in [5.41, 5.74) is 1.92. The maximum Gasteiger partial charge on any atom is 0.260 e. The van der Waals surface area contributed by atoms with E-state index in [1.165, 1.54) is 10.4 Å². The summed E-state index contributed by atoms with van der Waals surface area (Å²) in [4.78, 5) is 6.50. The summed E-state index contributed by atoms with van der Waals surface area (Å²) in [5.74, 6) is 0. The third kappa shape index (κ3) is 3.87. The Hall–Kier alpha value is -2.27. The fourth-order valence-corrected chi connectivity index (χ4v) is 4.25. The van der Waals surface area contributed by atoms with Gasteiger partial charge < -0.3 is 4.90 Å². The molecule has 1 aromatic carbocycles. The molecule has 7 heteroatoms. The van der Waals surface area contributed by atoms with E-state index in [9.17, 15) is 8.42 Å². The van der Waals surface area contributed by atoms with Crippen LogP contribution in [0.25, 0.3) is 11.3 Å². The van der Waals surface area contributed by atoms with Crippen LogP contribution in [0.2, 0.25) is 0 Å². The van der Waals surface area contributed by atoms with Gasteiger partial charge in [-0.1, -0.05) is 18.2 Å². The van der Waals surface area contributed by atoms with Crippen molar-refractivity contribution in [1.82, 2.24) is 14.2 Å². The van der Waals surface area contributed by atoms with Crippen molar-refractivity contribution in [3.05, 3.63) is 48.0 Å². The number of hydrogen-bond donors (Lipinski definition) is 0. The second kappa shape index (κ2) is 7.31. The van der Waals surface area contributed by atoms with E-state index in [1.54, 1.807) is 36.4 Å². The molecule has 3 rings (SSSR count). The highest BCUT2D eigenvalue weighted by Gasteiger charge is 2.27. The van der Waals surface area contributed by atoms with Gasteiger partial charge in [-0.05, 0) is 44.3 Å². The zero-order valence-corrected chi connectivity index (χ0v) is 14.9. The summed E-state index contributed by atoms with van der Waals surface area (Å²) < 4.78 is 27.4. The molecule has 0 spiro atoms. The van der Waals surface area contributed by atoms with Crippen molar-refractivity contribution in [2.24, 2.45) is 0 Å². The predicted molar refractivity (Wildman–Crippen MR) is 95.3 cm³/mol. The molecule has 1 saturated heterocycles. The number of sulfonamides is 1. The number of benzene rings is 1. The quantitative estimate of drug-likeness (QED) is 0.840. The van der Waals surface area contributed by atoms with Gasteiger partial charge in [0.2, 0.25) is 0 Å². The van der Waals surface area contributed by atoms with Crippen LogP contribution in [-0.2, 0) is 10.0 Å². The lowest BCUT2D eigenvalue weighted by molar-refractivity contribution is 0.347. The van der Waals surface area contributed by atoms with Gasteiger partial charge in [-0.25, -0.2) is 13.4 Å². The highest BCUT2D eigenvalue weighted by atomic mass is 32.2. The van der Waals surface area contributed by atoms with Crippen molar-refractivity contribution < 1.29 is 8.42 Å². The summed E-state index contributed by atoms with van der Waals surface area (Å²) in [5, 5.41) is 8.95. The van der Waals surface area contributed by atoms with Crippen LogP contribution < -0.4 is 0 Å². The number of likely N-dealkylation sites (N-methyl/N-ethyl adjacent to an activating group) is 1. The normalized spacial score (nSPS) is 17.0. The zero-order valence-electron chi connectivity index (χ0n) is 14.1. The van der Waals surface area contributed by atoms with Crippen molar-refractivity contribution in [2.75, 3.05) is 33.2 Å². The maximum absolute atomic E-state index is 12.9. The van der Waals surface area contributed by atoms with E-state index in [1.807, 2.05) is 7.05 Å². The van der Waals surface area contributed by atoms with E-state index < -0.39 is 10.0 Å². The van der Waals surface area contributed by atoms with Crippen molar-refractivity contribution in [3.63, 3.8) is 0 Å². The van der Waals surface area contributed by atoms with E-state index in [4.69, 9.17) is 5.26 Å². The minimum absolute atomic E-state index is 0.0684. The minimum atomic E-state index is -3.61. The number of nitrogens with zero attached hydrogens (tertiary/aromatic N) is 4. The van der Waals surface area contributed by atoms with E-state index in [0.717, 1.165) is 18.5 Å². The molecular weight excluding hydrogens is 336 g/mol. The number of aromatic nitrogens is 1. The molecule has 0 N–H and O–H groups in total. The Morgan fingerprint density at radius 3 is 2.52 bits per heavy atom. The lowest BCUT2D eigenvalue weighted by Gasteiger charge is -2.19. The van der Waals surface area contributed by atoms with E-state index in [0.29, 0.717) is 30.9 Å². The number of hydrogen-bond acceptors (Lipinski definition) is 5. The molecular formula is C18H20N4O2S. The van der Waals surface area contributed by atoms with Gasteiger partial charge in [0.1, 0.15) is 0 Å². The minimum Gasteiger partial charge on any atom is -0.305 e. The highest BCUT2D eigenvalue weighted by Crippen LogP contribution is 2.22. The molecule has 1 aromatic heterocycles. The summed E-state index contributed by atoms with van der Waals surface area (Å²) in [7, 11) is -1.61. The third-order valence-corrected chi connectivity index (χ3v) is 6.12. The van der Waals surface area contributed by atoms with Crippen LogP contribution in [0.1, 0.15) is 12.0 Å². The standard InChI is InChI=1S/C18H20N4O2S/c1-21-10-3-11-22(13-12-21)25(23,24)18-5-2-4-17(20-18)16-8-6-15(14-19)7-9-16/h2,4-9H,3,10-13H2,1H3. The van der Waals surface area contributed by atoms with Crippen LogP contribution in [0.15, 0.2) is 47.5 Å². The molecule has 0 atom stereocenters. The van der Waals surface area contributed by atoms with Gasteiger partial charge in [0.15, 0.2) is 5.03 Å². The smallest absolute Gasteiger partial charge is 0.260 e. The number of nitriles is 1. The van der Waals surface area contributed by atoms with Crippen molar-refractivity contribution in [3.8, 4) is 17.3 Å². The average Bonchev–Trinajstić information content (AvgIpc) is 2.87. The lowest BCUT2D eigenvalue weighted by Crippen LogP contribution is -2.35. The molecule has 2 heterocycles. The molecule has 1 aliphatic rings. The maximum atomic E-state index is 12.9. The van der Waals surface area contributed by atoms with Gasteiger partial charge in [0.25, 0.3) is 10.0 Å². The Kier molecular flexibility index (Phi) is 5.13. The van der Waals surface area contributed by atoms with Crippen LogP contribution in [0, 0.1) is 11.3 Å². The van der Waals surface area contributed by atoms with Gasteiger partial charge in [-0.2, -0.15) is 9.57 Å². The van der Waals surface area contributed by atoms with E-state index >= 15 is 0 Å². The lowest BCUT2D eigenvalue weighted by atomic mass is 10.1. The molecule has 0 aliphatic carbocycles. The molecule has 0 amide bonds. The van der Waals surface area contributed by atoms with E-state index in [-0.39, 0.29) is 5.03 Å². The Morgan fingerprint density at radius 2 is 1.80 bits per heavy atom. The van der Waals surface area contributed by atoms with E-state index in [2.05, 4.69) is 16.0 Å². The first-order valence-electron chi connectivity index (χ1n) is 8.17. The number of pyridine rings is 1. The summed E-state index contributed by atoms with van der Waals surface area (Å²) in [6, 6.07) is 14.0. The summed E-state index contributed by atoms with van der Waals surface area (Å²) >= 11 is 0. The average molecular weight is 356 g/mol.